The molecule has 25 heavy (non-hydrogen) atoms. The highest BCUT2D eigenvalue weighted by molar-refractivity contribution is 7.23. The summed E-state index contributed by atoms with van der Waals surface area (Å²) in [5.74, 6) is 0. The van der Waals surface area contributed by atoms with Crippen molar-refractivity contribution in [1.29, 1.82) is 0 Å². The van der Waals surface area contributed by atoms with Crippen LogP contribution >= 0.6 is 34.5 Å². The number of aromatic nitrogens is 2. The molecule has 0 spiro atoms. The van der Waals surface area contributed by atoms with Crippen molar-refractivity contribution in [3.8, 4) is 0 Å². The summed E-state index contributed by atoms with van der Waals surface area (Å²) in [5, 5.41) is 6.44. The third-order valence-electron chi connectivity index (χ3n) is 4.25. The molecule has 2 heterocycles. The number of benzene rings is 2. The lowest BCUT2D eigenvalue weighted by atomic mass is 10.1. The fourth-order valence-corrected chi connectivity index (χ4v) is 4.34. The Labute approximate surface area is 157 Å². The summed E-state index contributed by atoms with van der Waals surface area (Å²) in [7, 11) is 0. The van der Waals surface area contributed by atoms with Crippen molar-refractivity contribution in [1.82, 2.24) is 9.97 Å². The Kier molecular flexibility index (Phi) is 3.95. The van der Waals surface area contributed by atoms with Crippen LogP contribution in [0.4, 0.5) is 10.8 Å². The van der Waals surface area contributed by atoms with Gasteiger partial charge in [0.05, 0.1) is 31.3 Å². The maximum Gasteiger partial charge on any atom is 0.257 e. The molecule has 0 unspecified atom stereocenters. The molecule has 0 fully saturated rings. The van der Waals surface area contributed by atoms with Gasteiger partial charge in [-0.05, 0) is 43.0 Å². The lowest BCUT2D eigenvalue weighted by Crippen LogP contribution is -2.09. The number of pyridine rings is 1. The van der Waals surface area contributed by atoms with Crippen LogP contribution in [-0.2, 0) is 0 Å². The number of H-pyrrole nitrogens is 1. The summed E-state index contributed by atoms with van der Waals surface area (Å²) in [6.07, 6.45) is 0. The Morgan fingerprint density at radius 1 is 1.12 bits per heavy atom. The van der Waals surface area contributed by atoms with Crippen molar-refractivity contribution in [3.63, 3.8) is 0 Å². The van der Waals surface area contributed by atoms with E-state index >= 15 is 0 Å². The normalized spacial score (nSPS) is 11.4. The van der Waals surface area contributed by atoms with Crippen molar-refractivity contribution in [2.24, 2.45) is 0 Å². The number of hydrogen-bond acceptors (Lipinski definition) is 4. The standard InChI is InChI=1S/C18H13Cl2N3OS/c1-8-9(2)21-17(24)14-10(8)6-7-13-16(14)25-18(22-13)23-15-11(19)4-3-5-12(15)20/h3-7H,1-2H3,(H,21,24)(H,22,23). The molecule has 0 radical (unpaired) electrons. The fraction of sp³-hybridized carbons (Fsp3) is 0.111. The van der Waals surface area contributed by atoms with E-state index in [2.05, 4.69) is 15.3 Å². The third kappa shape index (κ3) is 2.68. The SMILES string of the molecule is Cc1[nH]c(=O)c2c(ccc3nc(Nc4c(Cl)cccc4Cl)sc32)c1C. The monoisotopic (exact) mass is 389 g/mol. The van der Waals surface area contributed by atoms with Crippen LogP contribution < -0.4 is 10.9 Å². The van der Waals surface area contributed by atoms with Crippen LogP contribution in [0, 0.1) is 13.8 Å². The van der Waals surface area contributed by atoms with Crippen molar-refractivity contribution in [2.45, 2.75) is 13.8 Å². The number of hydrogen-bond donors (Lipinski definition) is 2. The zero-order chi connectivity index (χ0) is 17.7. The van der Waals surface area contributed by atoms with Crippen LogP contribution in [0.15, 0.2) is 35.1 Å². The van der Waals surface area contributed by atoms with Gasteiger partial charge in [-0.25, -0.2) is 4.98 Å². The molecule has 0 aliphatic carbocycles. The van der Waals surface area contributed by atoms with Crippen LogP contribution in [0.1, 0.15) is 11.3 Å². The van der Waals surface area contributed by atoms with E-state index in [1.807, 2.05) is 26.0 Å². The topological polar surface area (TPSA) is 57.8 Å². The average molecular weight is 390 g/mol. The molecule has 126 valence electrons. The van der Waals surface area contributed by atoms with E-state index < -0.39 is 0 Å². The summed E-state index contributed by atoms with van der Waals surface area (Å²) in [4.78, 5) is 20.0. The van der Waals surface area contributed by atoms with Gasteiger partial charge < -0.3 is 10.3 Å². The predicted molar refractivity (Wildman–Crippen MR) is 107 cm³/mol. The molecule has 4 aromatic rings. The Morgan fingerprint density at radius 2 is 1.84 bits per heavy atom. The molecule has 4 rings (SSSR count). The summed E-state index contributed by atoms with van der Waals surface area (Å²) < 4.78 is 0.840. The highest BCUT2D eigenvalue weighted by atomic mass is 35.5. The summed E-state index contributed by atoms with van der Waals surface area (Å²) in [6.45, 7) is 3.91. The van der Waals surface area contributed by atoms with Crippen molar-refractivity contribution in [3.05, 3.63) is 62.0 Å². The molecular formula is C18H13Cl2N3OS. The Bertz CT molecular complexity index is 1180. The predicted octanol–water partition coefficient (Wildman–Crippen LogP) is 5.81. The van der Waals surface area contributed by atoms with Gasteiger partial charge >= 0.3 is 0 Å². The molecule has 0 saturated carbocycles. The van der Waals surface area contributed by atoms with E-state index in [0.717, 1.165) is 26.9 Å². The quantitative estimate of drug-likeness (QED) is 0.454. The number of nitrogens with zero attached hydrogens (tertiary/aromatic N) is 1. The van der Waals surface area contributed by atoms with Gasteiger partial charge in [-0.1, -0.05) is 46.7 Å². The lowest BCUT2D eigenvalue weighted by Gasteiger charge is -2.06. The number of fused-ring (bicyclic) bond motifs is 3. The number of nitrogens with one attached hydrogen (secondary N) is 2. The van der Waals surface area contributed by atoms with Gasteiger partial charge in [-0.15, -0.1) is 0 Å². The molecule has 0 aliphatic rings. The number of para-hydroxylation sites is 1. The molecule has 0 bridgehead atoms. The first kappa shape index (κ1) is 16.4. The zero-order valence-electron chi connectivity index (χ0n) is 13.4. The van der Waals surface area contributed by atoms with Gasteiger partial charge in [0.15, 0.2) is 5.13 Å². The minimum absolute atomic E-state index is 0.102. The number of aryl methyl sites for hydroxylation is 2. The number of aromatic amines is 1. The zero-order valence-corrected chi connectivity index (χ0v) is 15.7. The lowest BCUT2D eigenvalue weighted by molar-refractivity contribution is 1.14. The molecule has 2 aromatic carbocycles. The van der Waals surface area contributed by atoms with Gasteiger partial charge in [0.2, 0.25) is 0 Å². The van der Waals surface area contributed by atoms with E-state index in [9.17, 15) is 4.79 Å². The molecular weight excluding hydrogens is 377 g/mol. The summed E-state index contributed by atoms with van der Waals surface area (Å²) in [5.41, 5.74) is 3.21. The van der Waals surface area contributed by atoms with E-state index in [1.165, 1.54) is 11.3 Å². The number of thiazole rings is 1. The van der Waals surface area contributed by atoms with Gasteiger partial charge in [0.25, 0.3) is 5.56 Å². The number of anilines is 2. The van der Waals surface area contributed by atoms with E-state index in [0.29, 0.717) is 26.3 Å². The molecule has 0 amide bonds. The molecule has 0 atom stereocenters. The average Bonchev–Trinajstić information content (AvgIpc) is 2.98. The number of rotatable bonds is 2. The van der Waals surface area contributed by atoms with E-state index in [1.54, 1.807) is 18.2 Å². The number of halogens is 2. The maximum atomic E-state index is 12.5. The molecule has 4 nitrogen and oxygen atoms in total. The Morgan fingerprint density at radius 3 is 2.56 bits per heavy atom. The van der Waals surface area contributed by atoms with Crippen LogP contribution in [-0.4, -0.2) is 9.97 Å². The van der Waals surface area contributed by atoms with Crippen LogP contribution in [0.5, 0.6) is 0 Å². The first-order valence-electron chi connectivity index (χ1n) is 7.59. The van der Waals surface area contributed by atoms with Crippen LogP contribution in [0.2, 0.25) is 10.0 Å². The minimum Gasteiger partial charge on any atom is -0.329 e. The maximum absolute atomic E-state index is 12.5. The molecule has 2 N–H and O–H groups in total. The smallest absolute Gasteiger partial charge is 0.257 e. The molecule has 0 saturated heterocycles. The largest absolute Gasteiger partial charge is 0.329 e. The second-order valence-corrected chi connectivity index (χ2v) is 7.59. The van der Waals surface area contributed by atoms with Gasteiger partial charge in [-0.2, -0.15) is 0 Å². The molecule has 7 heteroatoms. The molecule has 0 aliphatic heterocycles. The highest BCUT2D eigenvalue weighted by Gasteiger charge is 2.14. The van der Waals surface area contributed by atoms with Crippen molar-refractivity contribution < 1.29 is 0 Å². The Hall–Kier alpha value is -2.08. The fourth-order valence-electron chi connectivity index (χ4n) is 2.84. The molecule has 2 aromatic heterocycles. The van der Waals surface area contributed by atoms with E-state index in [-0.39, 0.29) is 5.56 Å². The Balaban J connectivity index is 1.93. The third-order valence-corrected chi connectivity index (χ3v) is 5.88. The summed E-state index contributed by atoms with van der Waals surface area (Å²) >= 11 is 13.8. The first-order valence-corrected chi connectivity index (χ1v) is 9.16. The van der Waals surface area contributed by atoms with Gasteiger partial charge in [-0.3, -0.25) is 4.79 Å². The highest BCUT2D eigenvalue weighted by Crippen LogP contribution is 2.37. The van der Waals surface area contributed by atoms with Crippen molar-refractivity contribution in [2.75, 3.05) is 5.32 Å². The second kappa shape index (κ2) is 6.02. The van der Waals surface area contributed by atoms with Gasteiger partial charge in [0.1, 0.15) is 0 Å². The summed E-state index contributed by atoms with van der Waals surface area (Å²) in [6, 6.07) is 9.18. The minimum atomic E-state index is -0.102. The second-order valence-electron chi connectivity index (χ2n) is 5.78. The van der Waals surface area contributed by atoms with Crippen molar-refractivity contribution >= 4 is 66.3 Å². The van der Waals surface area contributed by atoms with E-state index in [4.69, 9.17) is 23.2 Å². The van der Waals surface area contributed by atoms with Gasteiger partial charge in [0, 0.05) is 5.69 Å². The van der Waals surface area contributed by atoms with Crippen LogP contribution in [0.25, 0.3) is 21.0 Å². The van der Waals surface area contributed by atoms with Crippen LogP contribution in [0.3, 0.4) is 0 Å². The first-order chi connectivity index (χ1) is 12.0.